The highest BCUT2D eigenvalue weighted by molar-refractivity contribution is 6.30. The number of halogens is 1. The quantitative estimate of drug-likeness (QED) is 0.670. The Labute approximate surface area is 155 Å². The summed E-state index contributed by atoms with van der Waals surface area (Å²) in [5.41, 5.74) is 1.86. The molecule has 0 aliphatic rings. The molecule has 0 aliphatic carbocycles. The number of rotatable bonds is 5. The average Bonchev–Trinajstić information content (AvgIpc) is 3.10. The van der Waals surface area contributed by atoms with Crippen molar-refractivity contribution in [3.05, 3.63) is 64.9 Å². The van der Waals surface area contributed by atoms with Crippen LogP contribution in [0.2, 0.25) is 5.02 Å². The molecule has 0 spiro atoms. The summed E-state index contributed by atoms with van der Waals surface area (Å²) >= 11 is 5.87. The summed E-state index contributed by atoms with van der Waals surface area (Å²) in [5, 5.41) is 4.11. The molecule has 3 rings (SSSR count). The number of amides is 1. The van der Waals surface area contributed by atoms with E-state index < -0.39 is 12.1 Å². The molecule has 0 aliphatic heterocycles. The van der Waals surface area contributed by atoms with Gasteiger partial charge in [-0.15, -0.1) is 0 Å². The molecule has 0 radical (unpaired) electrons. The van der Waals surface area contributed by atoms with E-state index in [1.54, 1.807) is 30.5 Å². The Morgan fingerprint density at radius 1 is 1.15 bits per heavy atom. The Hall–Kier alpha value is -2.86. The molecule has 2 unspecified atom stereocenters. The highest BCUT2D eigenvalue weighted by Gasteiger charge is 2.22. The Morgan fingerprint density at radius 3 is 2.62 bits per heavy atom. The Morgan fingerprint density at radius 2 is 1.88 bits per heavy atom. The Kier molecular flexibility index (Phi) is 5.23. The van der Waals surface area contributed by atoms with Crippen molar-refractivity contribution in [3.63, 3.8) is 0 Å². The van der Waals surface area contributed by atoms with Crippen molar-refractivity contribution >= 4 is 34.5 Å². The third kappa shape index (κ3) is 3.86. The molecule has 0 bridgehead atoms. The lowest BCUT2D eigenvalue weighted by atomic mass is 10.1. The van der Waals surface area contributed by atoms with Gasteiger partial charge in [-0.1, -0.05) is 23.7 Å². The number of fused-ring (bicyclic) bond motifs is 1. The van der Waals surface area contributed by atoms with E-state index in [9.17, 15) is 9.59 Å². The number of carbonyl (C=O) groups is 2. The van der Waals surface area contributed by atoms with Crippen molar-refractivity contribution in [2.75, 3.05) is 0 Å². The second kappa shape index (κ2) is 7.58. The number of benzene rings is 1. The summed E-state index contributed by atoms with van der Waals surface area (Å²) in [4.78, 5) is 31.8. The van der Waals surface area contributed by atoms with Crippen molar-refractivity contribution in [1.82, 2.24) is 15.3 Å². The number of aromatic amines is 1. The van der Waals surface area contributed by atoms with Crippen LogP contribution in [0.15, 0.2) is 48.8 Å². The number of esters is 1. The van der Waals surface area contributed by atoms with Crippen LogP contribution in [-0.4, -0.2) is 27.9 Å². The SMILES string of the molecule is CC(OC(=O)c1ccnc2[nH]ccc12)C(=O)NC(C)c1ccc(Cl)cc1. The number of hydrogen-bond acceptors (Lipinski definition) is 4. The van der Waals surface area contributed by atoms with Crippen molar-refractivity contribution in [3.8, 4) is 0 Å². The van der Waals surface area contributed by atoms with E-state index >= 15 is 0 Å². The van der Waals surface area contributed by atoms with Gasteiger partial charge in [-0.2, -0.15) is 0 Å². The van der Waals surface area contributed by atoms with E-state index in [4.69, 9.17) is 16.3 Å². The third-order valence-corrected chi connectivity index (χ3v) is 4.31. The molecule has 6 nitrogen and oxygen atoms in total. The van der Waals surface area contributed by atoms with Crippen molar-refractivity contribution in [2.24, 2.45) is 0 Å². The second-order valence-electron chi connectivity index (χ2n) is 5.93. The Bertz CT molecular complexity index is 937. The van der Waals surface area contributed by atoms with Crippen LogP contribution in [0.1, 0.15) is 35.8 Å². The normalized spacial score (nSPS) is 13.2. The summed E-state index contributed by atoms with van der Waals surface area (Å²) in [6, 6.07) is 10.3. The fourth-order valence-corrected chi connectivity index (χ4v) is 2.71. The summed E-state index contributed by atoms with van der Waals surface area (Å²) in [6.07, 6.45) is 2.28. The maximum Gasteiger partial charge on any atom is 0.339 e. The zero-order chi connectivity index (χ0) is 18.7. The first-order chi connectivity index (χ1) is 12.5. The number of carbonyl (C=O) groups excluding carboxylic acids is 2. The number of nitrogens with zero attached hydrogens (tertiary/aromatic N) is 1. The third-order valence-electron chi connectivity index (χ3n) is 4.06. The minimum absolute atomic E-state index is 0.238. The van der Waals surface area contributed by atoms with Gasteiger partial charge < -0.3 is 15.0 Å². The molecule has 3 aromatic rings. The van der Waals surface area contributed by atoms with Gasteiger partial charge in [0.1, 0.15) is 5.65 Å². The molecule has 0 saturated heterocycles. The summed E-state index contributed by atoms with van der Waals surface area (Å²) in [6.45, 7) is 3.39. The van der Waals surface area contributed by atoms with Crippen LogP contribution in [0.5, 0.6) is 0 Å². The van der Waals surface area contributed by atoms with Gasteiger partial charge in [0.05, 0.1) is 11.6 Å². The molecule has 134 valence electrons. The van der Waals surface area contributed by atoms with Crippen molar-refractivity contribution < 1.29 is 14.3 Å². The highest BCUT2D eigenvalue weighted by atomic mass is 35.5. The smallest absolute Gasteiger partial charge is 0.339 e. The molecule has 0 fully saturated rings. The second-order valence-corrected chi connectivity index (χ2v) is 6.36. The zero-order valence-corrected chi connectivity index (χ0v) is 15.1. The van der Waals surface area contributed by atoms with Gasteiger partial charge in [-0.3, -0.25) is 4.79 Å². The molecule has 2 aromatic heterocycles. The largest absolute Gasteiger partial charge is 0.449 e. The molecule has 2 atom stereocenters. The molecular formula is C19H18ClN3O3. The zero-order valence-electron chi connectivity index (χ0n) is 14.3. The number of H-pyrrole nitrogens is 1. The molecule has 26 heavy (non-hydrogen) atoms. The van der Waals surface area contributed by atoms with Gasteiger partial charge in [0.2, 0.25) is 0 Å². The van der Waals surface area contributed by atoms with Crippen LogP contribution < -0.4 is 5.32 Å². The van der Waals surface area contributed by atoms with Crippen molar-refractivity contribution in [2.45, 2.75) is 26.0 Å². The van der Waals surface area contributed by atoms with Gasteiger partial charge in [0.15, 0.2) is 6.10 Å². The fourth-order valence-electron chi connectivity index (χ4n) is 2.58. The van der Waals surface area contributed by atoms with Crippen LogP contribution in [0, 0.1) is 0 Å². The lowest BCUT2D eigenvalue weighted by Crippen LogP contribution is -2.37. The van der Waals surface area contributed by atoms with E-state index in [0.29, 0.717) is 21.6 Å². The number of aromatic nitrogens is 2. The monoisotopic (exact) mass is 371 g/mol. The first-order valence-electron chi connectivity index (χ1n) is 8.14. The molecular weight excluding hydrogens is 354 g/mol. The van der Waals surface area contributed by atoms with E-state index in [2.05, 4.69) is 15.3 Å². The number of ether oxygens (including phenoxy) is 1. The topological polar surface area (TPSA) is 84.1 Å². The van der Waals surface area contributed by atoms with Gasteiger partial charge in [0.25, 0.3) is 5.91 Å². The minimum atomic E-state index is -0.931. The standard InChI is InChI=1S/C19H18ClN3O3/c1-11(13-3-5-14(20)6-4-13)23-18(24)12(2)26-19(25)16-8-10-22-17-15(16)7-9-21-17/h3-12H,1-2H3,(H,21,22)(H,23,24). The maximum atomic E-state index is 12.4. The number of hydrogen-bond donors (Lipinski definition) is 2. The average molecular weight is 372 g/mol. The fraction of sp³-hybridized carbons (Fsp3) is 0.211. The number of nitrogens with one attached hydrogen (secondary N) is 2. The summed E-state index contributed by atoms with van der Waals surface area (Å²) in [5.74, 6) is -0.945. The molecule has 1 aromatic carbocycles. The lowest BCUT2D eigenvalue weighted by molar-refractivity contribution is -0.129. The highest BCUT2D eigenvalue weighted by Crippen LogP contribution is 2.18. The predicted octanol–water partition coefficient (Wildman–Crippen LogP) is 3.64. The van der Waals surface area contributed by atoms with Gasteiger partial charge in [-0.25, -0.2) is 9.78 Å². The maximum absolute atomic E-state index is 12.4. The molecule has 2 heterocycles. The van der Waals surface area contributed by atoms with Gasteiger partial charge >= 0.3 is 5.97 Å². The summed E-state index contributed by atoms with van der Waals surface area (Å²) < 4.78 is 5.32. The van der Waals surface area contributed by atoms with Crippen molar-refractivity contribution in [1.29, 1.82) is 0 Å². The van der Waals surface area contributed by atoms with E-state index in [0.717, 1.165) is 5.56 Å². The molecule has 7 heteroatoms. The summed E-state index contributed by atoms with van der Waals surface area (Å²) in [7, 11) is 0. The van der Waals surface area contributed by atoms with Crippen LogP contribution >= 0.6 is 11.6 Å². The van der Waals surface area contributed by atoms with Crippen LogP contribution in [0.3, 0.4) is 0 Å². The minimum Gasteiger partial charge on any atom is -0.449 e. The van der Waals surface area contributed by atoms with E-state index in [1.807, 2.05) is 19.1 Å². The van der Waals surface area contributed by atoms with Crippen LogP contribution in [-0.2, 0) is 9.53 Å². The molecule has 1 amide bonds. The first kappa shape index (κ1) is 17.9. The molecule has 2 N–H and O–H groups in total. The first-order valence-corrected chi connectivity index (χ1v) is 8.52. The predicted molar refractivity (Wildman–Crippen MR) is 99.0 cm³/mol. The Balaban J connectivity index is 1.64. The van der Waals surface area contributed by atoms with Gasteiger partial charge in [-0.05, 0) is 43.7 Å². The lowest BCUT2D eigenvalue weighted by Gasteiger charge is -2.18. The van der Waals surface area contributed by atoms with E-state index in [-0.39, 0.29) is 11.9 Å². The van der Waals surface area contributed by atoms with E-state index in [1.165, 1.54) is 13.1 Å². The molecule has 0 saturated carbocycles. The number of pyridine rings is 1. The van der Waals surface area contributed by atoms with Crippen LogP contribution in [0.25, 0.3) is 11.0 Å². The van der Waals surface area contributed by atoms with Crippen LogP contribution in [0.4, 0.5) is 0 Å². The van der Waals surface area contributed by atoms with Gasteiger partial charge in [0, 0.05) is 22.8 Å².